The van der Waals surface area contributed by atoms with E-state index in [1.54, 1.807) is 48.8 Å². The van der Waals surface area contributed by atoms with Crippen LogP contribution in [0.2, 0.25) is 5.02 Å². The first-order chi connectivity index (χ1) is 16.0. The average Bonchev–Trinajstić information content (AvgIpc) is 3.27. The molecule has 0 bridgehead atoms. The van der Waals surface area contributed by atoms with Gasteiger partial charge < -0.3 is 16.0 Å². The Labute approximate surface area is 199 Å². The highest BCUT2D eigenvalue weighted by atomic mass is 35.5. The summed E-state index contributed by atoms with van der Waals surface area (Å²) in [6, 6.07) is 17.7. The van der Waals surface area contributed by atoms with Crippen molar-refractivity contribution < 1.29 is 9.59 Å². The van der Waals surface area contributed by atoms with Gasteiger partial charge >= 0.3 is 0 Å². The highest BCUT2D eigenvalue weighted by molar-refractivity contribution is 7.13. The zero-order valence-corrected chi connectivity index (χ0v) is 19.0. The summed E-state index contributed by atoms with van der Waals surface area (Å²) in [4.78, 5) is 35.6. The van der Waals surface area contributed by atoms with Crippen LogP contribution in [0, 0.1) is 0 Å². The van der Waals surface area contributed by atoms with Gasteiger partial charge in [-0.25, -0.2) is 4.98 Å². The van der Waals surface area contributed by atoms with Crippen LogP contribution >= 0.6 is 22.9 Å². The number of carbonyl (C=O) groups is 2. The molecule has 2 heterocycles. The van der Waals surface area contributed by atoms with E-state index in [-0.39, 0.29) is 24.9 Å². The number of thiazole rings is 1. The molecule has 0 atom stereocenters. The Morgan fingerprint density at radius 1 is 1.00 bits per heavy atom. The first kappa shape index (κ1) is 22.4. The highest BCUT2D eigenvalue weighted by Gasteiger charge is 2.19. The lowest BCUT2D eigenvalue weighted by molar-refractivity contribution is -0.117. The number of nitrogens with zero attached hydrogens (tertiary/aromatic N) is 3. The molecule has 2 amide bonds. The van der Waals surface area contributed by atoms with Gasteiger partial charge in [0, 0.05) is 46.2 Å². The van der Waals surface area contributed by atoms with E-state index in [2.05, 4.69) is 15.3 Å². The number of nitrogen functional groups attached to an aromatic ring is 1. The number of benzene rings is 2. The normalized spacial score (nSPS) is 10.6. The quantitative estimate of drug-likeness (QED) is 0.401. The van der Waals surface area contributed by atoms with Crippen LogP contribution in [-0.4, -0.2) is 33.2 Å². The van der Waals surface area contributed by atoms with Crippen molar-refractivity contribution in [2.45, 2.75) is 6.54 Å². The minimum absolute atomic E-state index is 0.117. The van der Waals surface area contributed by atoms with Crippen molar-refractivity contribution in [2.24, 2.45) is 0 Å². The predicted octanol–water partition coefficient (Wildman–Crippen LogP) is 4.72. The van der Waals surface area contributed by atoms with E-state index in [0.29, 0.717) is 21.4 Å². The maximum atomic E-state index is 13.1. The van der Waals surface area contributed by atoms with Gasteiger partial charge in [0.1, 0.15) is 6.54 Å². The summed E-state index contributed by atoms with van der Waals surface area (Å²) in [5.74, 6) is -0.573. The molecule has 9 heteroatoms. The molecule has 4 aromatic rings. The Bertz CT molecular complexity index is 1240. The lowest BCUT2D eigenvalue weighted by Gasteiger charge is -2.22. The van der Waals surface area contributed by atoms with Crippen LogP contribution < -0.4 is 11.1 Å². The Morgan fingerprint density at radius 2 is 1.70 bits per heavy atom. The summed E-state index contributed by atoms with van der Waals surface area (Å²) < 4.78 is 0. The molecule has 0 aliphatic rings. The van der Waals surface area contributed by atoms with Crippen molar-refractivity contribution in [1.29, 1.82) is 0 Å². The summed E-state index contributed by atoms with van der Waals surface area (Å²) in [7, 11) is 0. The van der Waals surface area contributed by atoms with E-state index < -0.39 is 0 Å². The maximum absolute atomic E-state index is 13.1. The van der Waals surface area contributed by atoms with Crippen LogP contribution in [0.25, 0.3) is 11.3 Å². The van der Waals surface area contributed by atoms with Gasteiger partial charge in [-0.1, -0.05) is 35.9 Å². The number of carbonyl (C=O) groups excluding carboxylic acids is 2. The van der Waals surface area contributed by atoms with Crippen molar-refractivity contribution in [2.75, 3.05) is 17.6 Å². The van der Waals surface area contributed by atoms with Crippen LogP contribution in [0.4, 0.5) is 10.8 Å². The summed E-state index contributed by atoms with van der Waals surface area (Å²) in [6.45, 7) is 0.143. The second-order valence-electron chi connectivity index (χ2n) is 7.22. The number of anilines is 2. The molecule has 2 aromatic heterocycles. The van der Waals surface area contributed by atoms with Gasteiger partial charge in [0.2, 0.25) is 5.91 Å². The van der Waals surface area contributed by atoms with E-state index in [1.807, 2.05) is 29.6 Å². The third kappa shape index (κ3) is 5.94. The zero-order chi connectivity index (χ0) is 23.2. The first-order valence-electron chi connectivity index (χ1n) is 10.0. The SMILES string of the molecule is Nc1nc(-c2ccc(NC(=O)CN(Cc3ccc(Cl)cc3)C(=O)c3ccncc3)cc2)cs1. The number of halogens is 1. The monoisotopic (exact) mass is 477 g/mol. The van der Waals surface area contributed by atoms with Gasteiger partial charge in [0.25, 0.3) is 5.91 Å². The molecule has 3 N–H and O–H groups in total. The van der Waals surface area contributed by atoms with Gasteiger partial charge in [-0.2, -0.15) is 0 Å². The van der Waals surface area contributed by atoms with Crippen LogP contribution in [0.3, 0.4) is 0 Å². The molecule has 0 aliphatic heterocycles. The maximum Gasteiger partial charge on any atom is 0.254 e. The number of hydrogen-bond acceptors (Lipinski definition) is 6. The molecular formula is C24H20ClN5O2S. The lowest BCUT2D eigenvalue weighted by Crippen LogP contribution is -2.37. The third-order valence-electron chi connectivity index (χ3n) is 4.82. The smallest absolute Gasteiger partial charge is 0.254 e. The predicted molar refractivity (Wildman–Crippen MR) is 131 cm³/mol. The van der Waals surface area contributed by atoms with E-state index in [9.17, 15) is 9.59 Å². The van der Waals surface area contributed by atoms with Crippen LogP contribution in [0.1, 0.15) is 15.9 Å². The van der Waals surface area contributed by atoms with Crippen LogP contribution in [-0.2, 0) is 11.3 Å². The summed E-state index contributed by atoms with van der Waals surface area (Å²) in [5, 5.41) is 5.83. The van der Waals surface area contributed by atoms with Gasteiger partial charge in [0.05, 0.1) is 5.69 Å². The van der Waals surface area contributed by atoms with Crippen molar-refractivity contribution in [1.82, 2.24) is 14.9 Å². The Balaban J connectivity index is 1.47. The summed E-state index contributed by atoms with van der Waals surface area (Å²) in [6.07, 6.45) is 3.09. The van der Waals surface area contributed by atoms with Gasteiger partial charge in [-0.05, 0) is 42.0 Å². The molecule has 0 saturated heterocycles. The fourth-order valence-electron chi connectivity index (χ4n) is 3.21. The van der Waals surface area contributed by atoms with Crippen LogP contribution in [0.15, 0.2) is 78.4 Å². The Kier molecular flexibility index (Phi) is 6.97. The fraction of sp³-hybridized carbons (Fsp3) is 0.0833. The fourth-order valence-corrected chi connectivity index (χ4v) is 3.90. The average molecular weight is 478 g/mol. The molecule has 0 radical (unpaired) electrons. The molecule has 0 unspecified atom stereocenters. The van der Waals surface area contributed by atoms with Crippen molar-refractivity contribution in [3.63, 3.8) is 0 Å². The van der Waals surface area contributed by atoms with Crippen molar-refractivity contribution in [3.8, 4) is 11.3 Å². The lowest BCUT2D eigenvalue weighted by atomic mass is 10.1. The van der Waals surface area contributed by atoms with Gasteiger partial charge in [-0.15, -0.1) is 11.3 Å². The third-order valence-corrected chi connectivity index (χ3v) is 5.75. The number of pyridine rings is 1. The van der Waals surface area contributed by atoms with E-state index >= 15 is 0 Å². The Hall–Kier alpha value is -3.75. The van der Waals surface area contributed by atoms with E-state index in [4.69, 9.17) is 17.3 Å². The van der Waals surface area contributed by atoms with E-state index in [1.165, 1.54) is 16.2 Å². The molecule has 0 saturated carbocycles. The molecule has 2 aromatic carbocycles. The molecule has 33 heavy (non-hydrogen) atoms. The Morgan fingerprint density at radius 3 is 2.33 bits per heavy atom. The first-order valence-corrected chi connectivity index (χ1v) is 11.3. The van der Waals surface area contributed by atoms with Gasteiger partial charge in [-0.3, -0.25) is 14.6 Å². The standard InChI is InChI=1S/C24H20ClN5O2S/c25-19-5-1-16(2-6-19)13-30(23(32)18-9-11-27-12-10-18)14-22(31)28-20-7-3-17(4-8-20)21-15-33-24(26)29-21/h1-12,15H,13-14H2,(H2,26,29)(H,28,31). The molecule has 0 spiro atoms. The molecular weight excluding hydrogens is 458 g/mol. The number of amides is 2. The number of nitrogens with two attached hydrogens (primary N) is 1. The molecule has 4 rings (SSSR count). The molecule has 7 nitrogen and oxygen atoms in total. The second-order valence-corrected chi connectivity index (χ2v) is 8.55. The molecule has 0 fully saturated rings. The van der Waals surface area contributed by atoms with E-state index in [0.717, 1.165) is 16.8 Å². The number of aromatic nitrogens is 2. The zero-order valence-electron chi connectivity index (χ0n) is 17.4. The van der Waals surface area contributed by atoms with Gasteiger partial charge in [0.15, 0.2) is 5.13 Å². The molecule has 0 aliphatic carbocycles. The largest absolute Gasteiger partial charge is 0.375 e. The number of hydrogen-bond donors (Lipinski definition) is 2. The topological polar surface area (TPSA) is 101 Å². The minimum atomic E-state index is -0.308. The van der Waals surface area contributed by atoms with Crippen LogP contribution in [0.5, 0.6) is 0 Å². The summed E-state index contributed by atoms with van der Waals surface area (Å²) in [5.41, 5.74) is 9.32. The number of nitrogens with one attached hydrogen (secondary N) is 1. The molecule has 166 valence electrons. The highest BCUT2D eigenvalue weighted by Crippen LogP contribution is 2.24. The number of rotatable bonds is 7. The minimum Gasteiger partial charge on any atom is -0.375 e. The van der Waals surface area contributed by atoms with Crippen molar-refractivity contribution in [3.05, 3.63) is 94.6 Å². The summed E-state index contributed by atoms with van der Waals surface area (Å²) >= 11 is 7.34. The van der Waals surface area contributed by atoms with Crippen molar-refractivity contribution >= 4 is 45.6 Å². The second kappa shape index (κ2) is 10.2.